The fourth-order valence-corrected chi connectivity index (χ4v) is 5.23. The van der Waals surface area contributed by atoms with Crippen LogP contribution in [0.3, 0.4) is 0 Å². The lowest BCUT2D eigenvalue weighted by Gasteiger charge is -2.25. The number of unbranched alkanes of at least 4 members (excludes halogenated alkanes) is 15. The number of aliphatic hydroxyl groups is 5. The Balaban J connectivity index is 3.11. The zero-order chi connectivity index (χ0) is 34.7. The van der Waals surface area contributed by atoms with E-state index in [1.54, 1.807) is 12.1 Å². The van der Waals surface area contributed by atoms with E-state index in [1.807, 2.05) is 0 Å². The van der Waals surface area contributed by atoms with E-state index >= 15 is 0 Å². The molecule has 274 valence electrons. The summed E-state index contributed by atoms with van der Waals surface area (Å²) in [6, 6.07) is 3.24. The molecule has 1 rings (SSSR count). The molecule has 6 N–H and O–H groups in total. The van der Waals surface area contributed by atoms with Crippen molar-refractivity contribution in [1.29, 1.82) is 0 Å². The van der Waals surface area contributed by atoms with Crippen molar-refractivity contribution in [3.63, 3.8) is 0 Å². The number of carbonyl (C=O) groups is 1. The highest BCUT2D eigenvalue weighted by atomic mass is 16.5. The van der Waals surface area contributed by atoms with Crippen LogP contribution in [0.15, 0.2) is 12.1 Å². The Kier molecular flexibility index (Phi) is 25.4. The molecule has 0 heterocycles. The standard InChI is InChI=1S/C37H67NO9/c1-4-7-10-13-16-19-22-45-32-25-29(37(44)38-27-30(40)34(42)35(43)31(41)28-39)26-33(46-23-20-17-14-11-8-5-2)36(32)47-24-21-18-15-12-9-6-3/h25-26,30-31,34-35,39-43H,4-24,27-28H2,1-3H3,(H,38,44)/t30-,31+,34+,35+/m0/s1. The van der Waals surface area contributed by atoms with E-state index in [4.69, 9.17) is 19.3 Å². The van der Waals surface area contributed by atoms with Crippen LogP contribution < -0.4 is 19.5 Å². The number of hydrogen-bond acceptors (Lipinski definition) is 9. The van der Waals surface area contributed by atoms with Crippen LogP contribution in [0.5, 0.6) is 17.2 Å². The number of carbonyl (C=O) groups excluding carboxylic acids is 1. The number of hydrogen-bond donors (Lipinski definition) is 6. The highest BCUT2D eigenvalue weighted by Gasteiger charge is 2.30. The van der Waals surface area contributed by atoms with Gasteiger partial charge in [-0.2, -0.15) is 0 Å². The maximum atomic E-state index is 13.3. The van der Waals surface area contributed by atoms with Crippen LogP contribution in [0.2, 0.25) is 0 Å². The molecule has 0 saturated carbocycles. The molecule has 0 fully saturated rings. The third-order valence-corrected chi connectivity index (χ3v) is 8.34. The lowest BCUT2D eigenvalue weighted by atomic mass is 10.0. The molecule has 0 bridgehead atoms. The maximum absolute atomic E-state index is 13.3. The molecule has 1 aromatic rings. The van der Waals surface area contributed by atoms with Gasteiger partial charge in [-0.25, -0.2) is 0 Å². The van der Waals surface area contributed by atoms with E-state index < -0.39 is 43.5 Å². The summed E-state index contributed by atoms with van der Waals surface area (Å²) >= 11 is 0. The second-order valence-electron chi connectivity index (χ2n) is 12.7. The highest BCUT2D eigenvalue weighted by molar-refractivity contribution is 5.95. The monoisotopic (exact) mass is 669 g/mol. The van der Waals surface area contributed by atoms with Gasteiger partial charge in [-0.3, -0.25) is 4.79 Å². The van der Waals surface area contributed by atoms with Crippen LogP contribution in [0.4, 0.5) is 0 Å². The number of nitrogens with one attached hydrogen (secondary N) is 1. The van der Waals surface area contributed by atoms with Crippen molar-refractivity contribution < 1.29 is 44.5 Å². The summed E-state index contributed by atoms with van der Waals surface area (Å²) in [5.74, 6) is 0.808. The minimum absolute atomic E-state index is 0.241. The van der Waals surface area contributed by atoms with Crippen LogP contribution in [0, 0.1) is 0 Å². The van der Waals surface area contributed by atoms with Gasteiger partial charge >= 0.3 is 0 Å². The number of ether oxygens (including phenoxy) is 3. The molecule has 0 aliphatic carbocycles. The van der Waals surface area contributed by atoms with Gasteiger partial charge in [-0.05, 0) is 31.4 Å². The zero-order valence-corrected chi connectivity index (χ0v) is 29.6. The van der Waals surface area contributed by atoms with Gasteiger partial charge in [0, 0.05) is 12.1 Å². The van der Waals surface area contributed by atoms with E-state index in [9.17, 15) is 25.2 Å². The Hall–Kier alpha value is -2.11. The first-order chi connectivity index (χ1) is 22.8. The van der Waals surface area contributed by atoms with Crippen molar-refractivity contribution in [2.24, 2.45) is 0 Å². The molecule has 0 aliphatic heterocycles. The van der Waals surface area contributed by atoms with Gasteiger partial charge in [-0.15, -0.1) is 0 Å². The second kappa shape index (κ2) is 27.8. The summed E-state index contributed by atoms with van der Waals surface area (Å²) < 4.78 is 18.8. The van der Waals surface area contributed by atoms with Gasteiger partial charge < -0.3 is 45.1 Å². The molecule has 0 spiro atoms. The summed E-state index contributed by atoms with van der Waals surface area (Å²) in [6.07, 6.45) is 13.4. The average Bonchev–Trinajstić information content (AvgIpc) is 3.08. The number of benzene rings is 1. The quantitative estimate of drug-likeness (QED) is 0.0516. The molecule has 0 saturated heterocycles. The summed E-state index contributed by atoms with van der Waals surface area (Å²) in [7, 11) is 0. The first-order valence-corrected chi connectivity index (χ1v) is 18.5. The van der Waals surface area contributed by atoms with E-state index in [-0.39, 0.29) is 5.56 Å². The second-order valence-corrected chi connectivity index (χ2v) is 12.7. The molecule has 0 aliphatic rings. The first-order valence-electron chi connectivity index (χ1n) is 18.5. The van der Waals surface area contributed by atoms with Crippen LogP contribution in [-0.4, -0.2) is 88.8 Å². The van der Waals surface area contributed by atoms with Crippen molar-refractivity contribution in [3.8, 4) is 17.2 Å². The SMILES string of the molecule is CCCCCCCCOc1cc(C(=O)NC[C@H](O)[C@@H](O)[C@H](O)[C@H](O)CO)cc(OCCCCCCCC)c1OCCCCCCCC. The van der Waals surface area contributed by atoms with E-state index in [0.717, 1.165) is 57.8 Å². The normalized spacial score (nSPS) is 14.0. The molecule has 10 heteroatoms. The molecule has 47 heavy (non-hydrogen) atoms. The van der Waals surface area contributed by atoms with Gasteiger partial charge in [0.15, 0.2) is 11.5 Å². The Morgan fingerprint density at radius 1 is 0.596 bits per heavy atom. The number of rotatable bonds is 31. The van der Waals surface area contributed by atoms with Crippen molar-refractivity contribution in [2.75, 3.05) is 33.0 Å². The Bertz CT molecular complexity index is 877. The predicted molar refractivity (Wildman–Crippen MR) is 187 cm³/mol. The average molecular weight is 670 g/mol. The van der Waals surface area contributed by atoms with E-state index in [0.29, 0.717) is 37.1 Å². The molecule has 0 unspecified atom stereocenters. The Morgan fingerprint density at radius 3 is 1.40 bits per heavy atom. The molecule has 0 radical (unpaired) electrons. The van der Waals surface area contributed by atoms with Crippen molar-refractivity contribution in [1.82, 2.24) is 5.32 Å². The Labute approximate surface area is 284 Å². The Morgan fingerprint density at radius 2 is 0.979 bits per heavy atom. The summed E-state index contributed by atoms with van der Waals surface area (Å²) in [4.78, 5) is 13.3. The third kappa shape index (κ3) is 18.9. The van der Waals surface area contributed by atoms with Crippen LogP contribution >= 0.6 is 0 Å². The van der Waals surface area contributed by atoms with Crippen LogP contribution in [-0.2, 0) is 0 Å². The smallest absolute Gasteiger partial charge is 0.251 e. The largest absolute Gasteiger partial charge is 0.490 e. The fraction of sp³-hybridized carbons (Fsp3) is 0.811. The lowest BCUT2D eigenvalue weighted by molar-refractivity contribution is -0.113. The third-order valence-electron chi connectivity index (χ3n) is 8.34. The van der Waals surface area contributed by atoms with Crippen molar-refractivity contribution in [2.45, 2.75) is 161 Å². The predicted octanol–water partition coefficient (Wildman–Crippen LogP) is 6.07. The minimum Gasteiger partial charge on any atom is -0.490 e. The molecular weight excluding hydrogens is 602 g/mol. The first kappa shape index (κ1) is 42.9. The van der Waals surface area contributed by atoms with Gasteiger partial charge in [0.25, 0.3) is 5.91 Å². The zero-order valence-electron chi connectivity index (χ0n) is 29.6. The van der Waals surface area contributed by atoms with Crippen LogP contribution in [0.25, 0.3) is 0 Å². The van der Waals surface area contributed by atoms with Gasteiger partial charge in [0.05, 0.1) is 32.5 Å². The highest BCUT2D eigenvalue weighted by Crippen LogP contribution is 2.39. The number of amides is 1. The van der Waals surface area contributed by atoms with E-state index in [2.05, 4.69) is 26.1 Å². The molecule has 1 amide bonds. The molecule has 10 nitrogen and oxygen atoms in total. The molecule has 0 aromatic heterocycles. The maximum Gasteiger partial charge on any atom is 0.251 e. The molecule has 1 aromatic carbocycles. The van der Waals surface area contributed by atoms with Gasteiger partial charge in [0.2, 0.25) is 5.75 Å². The fourth-order valence-electron chi connectivity index (χ4n) is 5.23. The summed E-state index contributed by atoms with van der Waals surface area (Å²) in [5, 5.41) is 51.6. The lowest BCUT2D eigenvalue weighted by Crippen LogP contribution is -2.49. The van der Waals surface area contributed by atoms with Crippen LogP contribution in [0.1, 0.15) is 147 Å². The number of aliphatic hydroxyl groups excluding tert-OH is 5. The topological polar surface area (TPSA) is 158 Å². The van der Waals surface area contributed by atoms with Gasteiger partial charge in [-0.1, -0.05) is 117 Å². The summed E-state index contributed by atoms with van der Waals surface area (Å²) in [6.45, 7) is 6.85. The molecular formula is C37H67NO9. The summed E-state index contributed by atoms with van der Waals surface area (Å²) in [5.41, 5.74) is 0.241. The van der Waals surface area contributed by atoms with Crippen molar-refractivity contribution in [3.05, 3.63) is 17.7 Å². The van der Waals surface area contributed by atoms with Crippen molar-refractivity contribution >= 4 is 5.91 Å². The minimum atomic E-state index is -1.78. The molecule has 4 atom stereocenters. The van der Waals surface area contributed by atoms with E-state index in [1.165, 1.54) is 57.8 Å². The van der Waals surface area contributed by atoms with Gasteiger partial charge in [0.1, 0.15) is 18.3 Å².